The van der Waals surface area contributed by atoms with E-state index in [4.69, 9.17) is 9.68 Å². The zero-order chi connectivity index (χ0) is 13.0. The van der Waals surface area contributed by atoms with Crippen LogP contribution in [0.25, 0.3) is 0 Å². The molecule has 4 heteroatoms. The number of carbonyl (C=O) groups excluding carboxylic acids is 1. The highest BCUT2D eigenvalue weighted by Crippen LogP contribution is 2.15. The number of benzene rings is 1. The molecule has 0 saturated heterocycles. The average molecular weight is 240 g/mol. The van der Waals surface area contributed by atoms with E-state index in [2.05, 4.69) is 5.32 Å². The van der Waals surface area contributed by atoms with Crippen molar-refractivity contribution >= 4 is 11.6 Å². The predicted molar refractivity (Wildman–Crippen MR) is 67.2 cm³/mol. The molecule has 18 heavy (non-hydrogen) atoms. The van der Waals surface area contributed by atoms with E-state index in [-0.39, 0.29) is 5.91 Å². The Bertz CT molecular complexity index is 608. The van der Waals surface area contributed by atoms with Gasteiger partial charge in [-0.05, 0) is 24.3 Å². The van der Waals surface area contributed by atoms with E-state index in [1.165, 1.54) is 6.26 Å². The molecule has 0 aliphatic carbocycles. The number of nitriles is 1. The van der Waals surface area contributed by atoms with E-state index in [0.29, 0.717) is 29.0 Å². The zero-order valence-electron chi connectivity index (χ0n) is 9.93. The number of carbonyl (C=O) groups is 1. The normalized spacial score (nSPS) is 9.78. The third kappa shape index (κ3) is 2.41. The number of nitrogens with one attached hydrogen (secondary N) is 1. The third-order valence-electron chi connectivity index (χ3n) is 2.56. The van der Waals surface area contributed by atoms with Gasteiger partial charge in [0.25, 0.3) is 5.91 Å². The van der Waals surface area contributed by atoms with Crippen molar-refractivity contribution in [2.45, 2.75) is 13.3 Å². The van der Waals surface area contributed by atoms with E-state index < -0.39 is 0 Å². The van der Waals surface area contributed by atoms with Crippen molar-refractivity contribution < 1.29 is 9.21 Å². The molecule has 0 aliphatic rings. The molecule has 0 saturated carbocycles. The summed E-state index contributed by atoms with van der Waals surface area (Å²) >= 11 is 0. The molecule has 1 heterocycles. The zero-order valence-corrected chi connectivity index (χ0v) is 9.93. The second-order valence-corrected chi connectivity index (χ2v) is 3.76. The Morgan fingerprint density at radius 3 is 3.00 bits per heavy atom. The van der Waals surface area contributed by atoms with Crippen LogP contribution in [0.3, 0.4) is 0 Å². The van der Waals surface area contributed by atoms with Gasteiger partial charge in [-0.15, -0.1) is 0 Å². The maximum absolute atomic E-state index is 12.0. The van der Waals surface area contributed by atoms with Crippen LogP contribution in [0.2, 0.25) is 0 Å². The fourth-order valence-electron chi connectivity index (χ4n) is 1.68. The molecule has 1 N–H and O–H groups in total. The molecule has 0 radical (unpaired) electrons. The number of aryl methyl sites for hydroxylation is 1. The fraction of sp³-hybridized carbons (Fsp3) is 0.143. The highest BCUT2D eigenvalue weighted by atomic mass is 16.3. The van der Waals surface area contributed by atoms with Crippen LogP contribution in [0.5, 0.6) is 0 Å². The summed E-state index contributed by atoms with van der Waals surface area (Å²) in [4.78, 5) is 12.0. The van der Waals surface area contributed by atoms with Crippen molar-refractivity contribution in [2.75, 3.05) is 5.32 Å². The van der Waals surface area contributed by atoms with Crippen molar-refractivity contribution in [3.05, 3.63) is 53.5 Å². The molecule has 4 nitrogen and oxygen atoms in total. The van der Waals surface area contributed by atoms with Crippen LogP contribution in [0.4, 0.5) is 5.69 Å². The SMILES string of the molecule is CCc1occc1C(=O)Nc1cccc(C#N)c1. The van der Waals surface area contributed by atoms with Crippen LogP contribution in [0.1, 0.15) is 28.6 Å². The number of nitrogens with zero attached hydrogens (tertiary/aromatic N) is 1. The summed E-state index contributed by atoms with van der Waals surface area (Å²) < 4.78 is 5.20. The van der Waals surface area contributed by atoms with Gasteiger partial charge in [0.05, 0.1) is 23.5 Å². The lowest BCUT2D eigenvalue weighted by Crippen LogP contribution is -2.12. The number of rotatable bonds is 3. The maximum Gasteiger partial charge on any atom is 0.259 e. The molecule has 1 amide bonds. The van der Waals surface area contributed by atoms with Crippen molar-refractivity contribution in [3.8, 4) is 6.07 Å². The van der Waals surface area contributed by atoms with Gasteiger partial charge < -0.3 is 9.73 Å². The van der Waals surface area contributed by atoms with Gasteiger partial charge in [0, 0.05) is 12.1 Å². The largest absolute Gasteiger partial charge is 0.469 e. The van der Waals surface area contributed by atoms with Gasteiger partial charge in [0.2, 0.25) is 0 Å². The first-order chi connectivity index (χ1) is 8.74. The van der Waals surface area contributed by atoms with Crippen molar-refractivity contribution in [1.82, 2.24) is 0 Å². The molecule has 2 aromatic rings. The van der Waals surface area contributed by atoms with Crippen LogP contribution in [0, 0.1) is 11.3 Å². The topological polar surface area (TPSA) is 66.0 Å². The number of furan rings is 1. The molecule has 90 valence electrons. The Balaban J connectivity index is 2.19. The first-order valence-corrected chi connectivity index (χ1v) is 5.62. The van der Waals surface area contributed by atoms with E-state index in [9.17, 15) is 4.79 Å². The van der Waals surface area contributed by atoms with Gasteiger partial charge in [0.15, 0.2) is 0 Å². The molecular weight excluding hydrogens is 228 g/mol. The standard InChI is InChI=1S/C14H12N2O2/c1-2-13-12(6-7-18-13)14(17)16-11-5-3-4-10(8-11)9-15/h3-8H,2H2,1H3,(H,16,17). The minimum atomic E-state index is -0.226. The summed E-state index contributed by atoms with van der Waals surface area (Å²) in [6.45, 7) is 1.92. The lowest BCUT2D eigenvalue weighted by atomic mass is 10.2. The Labute approximate surface area is 105 Å². The molecule has 1 aromatic carbocycles. The monoisotopic (exact) mass is 240 g/mol. The molecular formula is C14H12N2O2. The first-order valence-electron chi connectivity index (χ1n) is 5.62. The summed E-state index contributed by atoms with van der Waals surface area (Å²) in [5.74, 6) is 0.430. The Morgan fingerprint density at radius 2 is 2.28 bits per heavy atom. The summed E-state index contributed by atoms with van der Waals surface area (Å²) in [7, 11) is 0. The van der Waals surface area contributed by atoms with E-state index in [1.54, 1.807) is 30.3 Å². The van der Waals surface area contributed by atoms with E-state index in [1.807, 2.05) is 13.0 Å². The molecule has 0 aliphatic heterocycles. The number of hydrogen-bond donors (Lipinski definition) is 1. The van der Waals surface area contributed by atoms with Gasteiger partial charge in [-0.25, -0.2) is 0 Å². The summed E-state index contributed by atoms with van der Waals surface area (Å²) in [5, 5.41) is 11.5. The second-order valence-electron chi connectivity index (χ2n) is 3.76. The van der Waals surface area contributed by atoms with Gasteiger partial charge in [0.1, 0.15) is 5.76 Å². The highest BCUT2D eigenvalue weighted by Gasteiger charge is 2.13. The van der Waals surface area contributed by atoms with Gasteiger partial charge >= 0.3 is 0 Å². The molecule has 0 bridgehead atoms. The minimum Gasteiger partial charge on any atom is -0.469 e. The molecule has 0 spiro atoms. The van der Waals surface area contributed by atoms with Crippen LogP contribution >= 0.6 is 0 Å². The summed E-state index contributed by atoms with van der Waals surface area (Å²) in [6, 6.07) is 10.5. The lowest BCUT2D eigenvalue weighted by molar-refractivity contribution is 0.102. The fourth-order valence-corrected chi connectivity index (χ4v) is 1.68. The minimum absolute atomic E-state index is 0.226. The van der Waals surface area contributed by atoms with Crippen molar-refractivity contribution in [2.24, 2.45) is 0 Å². The molecule has 2 rings (SSSR count). The molecule has 0 atom stereocenters. The highest BCUT2D eigenvalue weighted by molar-refractivity contribution is 6.05. The Hall–Kier alpha value is -2.54. The lowest BCUT2D eigenvalue weighted by Gasteiger charge is -2.04. The van der Waals surface area contributed by atoms with Crippen LogP contribution < -0.4 is 5.32 Å². The van der Waals surface area contributed by atoms with Crippen molar-refractivity contribution in [1.29, 1.82) is 5.26 Å². The second kappa shape index (κ2) is 5.19. The Morgan fingerprint density at radius 1 is 1.44 bits per heavy atom. The molecule has 1 aromatic heterocycles. The van der Waals surface area contributed by atoms with Crippen LogP contribution in [-0.2, 0) is 6.42 Å². The number of amides is 1. The third-order valence-corrected chi connectivity index (χ3v) is 2.56. The molecule has 0 fully saturated rings. The van der Waals surface area contributed by atoms with Gasteiger partial charge in [-0.1, -0.05) is 13.0 Å². The summed E-state index contributed by atoms with van der Waals surface area (Å²) in [6.07, 6.45) is 2.16. The number of anilines is 1. The van der Waals surface area contributed by atoms with Crippen molar-refractivity contribution in [3.63, 3.8) is 0 Å². The van der Waals surface area contributed by atoms with E-state index >= 15 is 0 Å². The predicted octanol–water partition coefficient (Wildman–Crippen LogP) is 2.97. The van der Waals surface area contributed by atoms with Crippen LogP contribution in [0.15, 0.2) is 41.0 Å². The average Bonchev–Trinajstić information content (AvgIpc) is 2.87. The van der Waals surface area contributed by atoms with Crippen LogP contribution in [-0.4, -0.2) is 5.91 Å². The van der Waals surface area contributed by atoms with Gasteiger partial charge in [-0.3, -0.25) is 4.79 Å². The smallest absolute Gasteiger partial charge is 0.259 e. The maximum atomic E-state index is 12.0. The molecule has 0 unspecified atom stereocenters. The van der Waals surface area contributed by atoms with Gasteiger partial charge in [-0.2, -0.15) is 5.26 Å². The first kappa shape index (κ1) is 11.9. The van der Waals surface area contributed by atoms with E-state index in [0.717, 1.165) is 0 Å². The Kier molecular flexibility index (Phi) is 3.44. The quantitative estimate of drug-likeness (QED) is 0.896. The number of hydrogen-bond acceptors (Lipinski definition) is 3. The summed E-state index contributed by atoms with van der Waals surface area (Å²) in [5.41, 5.74) is 1.64.